The molecule has 0 fully saturated rings. The minimum absolute atomic E-state index is 0.186. The number of nitrogens with one attached hydrogen (secondary N) is 1. The first-order chi connectivity index (χ1) is 9.97. The molecule has 21 heavy (non-hydrogen) atoms. The van der Waals surface area contributed by atoms with Gasteiger partial charge in [0.25, 0.3) is 0 Å². The maximum Gasteiger partial charge on any atom is 0.240 e. The van der Waals surface area contributed by atoms with Gasteiger partial charge in [-0.1, -0.05) is 23.8 Å². The fraction of sp³-hybridized carbons (Fsp3) is 0.200. The molecule has 112 valence electrons. The maximum atomic E-state index is 12.0. The van der Waals surface area contributed by atoms with Gasteiger partial charge < -0.3 is 10.5 Å². The van der Waals surface area contributed by atoms with E-state index in [9.17, 15) is 8.42 Å². The van der Waals surface area contributed by atoms with Gasteiger partial charge in [-0.3, -0.25) is 0 Å². The minimum Gasteiger partial charge on any atom is -0.492 e. The van der Waals surface area contributed by atoms with Gasteiger partial charge in [0.05, 0.1) is 4.90 Å². The summed E-state index contributed by atoms with van der Waals surface area (Å²) >= 11 is 0. The number of nitrogens with two attached hydrogens (primary N) is 1. The van der Waals surface area contributed by atoms with Gasteiger partial charge in [0.15, 0.2) is 0 Å². The van der Waals surface area contributed by atoms with Gasteiger partial charge in [-0.2, -0.15) is 0 Å². The molecule has 6 heteroatoms. The molecule has 0 unspecified atom stereocenters. The van der Waals surface area contributed by atoms with Crippen LogP contribution in [0.4, 0.5) is 5.69 Å². The summed E-state index contributed by atoms with van der Waals surface area (Å²) in [7, 11) is -3.49. The zero-order valence-electron chi connectivity index (χ0n) is 11.7. The van der Waals surface area contributed by atoms with Crippen molar-refractivity contribution in [2.24, 2.45) is 0 Å². The number of ether oxygens (including phenoxy) is 1. The van der Waals surface area contributed by atoms with Crippen LogP contribution in [0.15, 0.2) is 53.4 Å². The molecule has 2 aromatic rings. The summed E-state index contributed by atoms with van der Waals surface area (Å²) in [4.78, 5) is 0.247. The third-order valence-electron chi connectivity index (χ3n) is 2.85. The predicted molar refractivity (Wildman–Crippen MR) is 82.7 cm³/mol. The smallest absolute Gasteiger partial charge is 0.240 e. The summed E-state index contributed by atoms with van der Waals surface area (Å²) in [5.74, 6) is 0.615. The first-order valence-corrected chi connectivity index (χ1v) is 8.00. The van der Waals surface area contributed by atoms with Crippen LogP contribution in [0.3, 0.4) is 0 Å². The molecule has 0 atom stereocenters. The SMILES string of the molecule is Cc1ccc(S(=O)(=O)NCCOc2cccc(N)c2)cc1. The highest BCUT2D eigenvalue weighted by Crippen LogP contribution is 2.14. The van der Waals surface area contributed by atoms with Crippen LogP contribution in [0.5, 0.6) is 5.75 Å². The molecule has 0 spiro atoms. The second-order valence-corrected chi connectivity index (χ2v) is 6.40. The average molecular weight is 306 g/mol. The van der Waals surface area contributed by atoms with Crippen molar-refractivity contribution in [2.75, 3.05) is 18.9 Å². The molecule has 0 aliphatic carbocycles. The highest BCUT2D eigenvalue weighted by Gasteiger charge is 2.12. The molecule has 0 aliphatic heterocycles. The Balaban J connectivity index is 1.86. The number of hydrogen-bond acceptors (Lipinski definition) is 4. The van der Waals surface area contributed by atoms with Crippen LogP contribution in [-0.2, 0) is 10.0 Å². The number of aryl methyl sites for hydroxylation is 1. The molecule has 0 bridgehead atoms. The summed E-state index contributed by atoms with van der Waals surface area (Å²) < 4.78 is 32.0. The van der Waals surface area contributed by atoms with Crippen LogP contribution in [-0.4, -0.2) is 21.6 Å². The van der Waals surface area contributed by atoms with Gasteiger partial charge in [0.1, 0.15) is 12.4 Å². The van der Waals surface area contributed by atoms with E-state index in [1.165, 1.54) is 0 Å². The Morgan fingerprint density at radius 1 is 1.14 bits per heavy atom. The molecular formula is C15H18N2O3S. The summed E-state index contributed by atoms with van der Waals surface area (Å²) in [5, 5.41) is 0. The van der Waals surface area contributed by atoms with Crippen LogP contribution in [0, 0.1) is 6.92 Å². The third kappa shape index (κ3) is 4.47. The van der Waals surface area contributed by atoms with Crippen molar-refractivity contribution >= 4 is 15.7 Å². The van der Waals surface area contributed by atoms with E-state index >= 15 is 0 Å². The second-order valence-electron chi connectivity index (χ2n) is 4.63. The Labute approximate surface area is 124 Å². The molecule has 5 nitrogen and oxygen atoms in total. The summed E-state index contributed by atoms with van der Waals surface area (Å²) in [6, 6.07) is 13.7. The van der Waals surface area contributed by atoms with Crippen molar-refractivity contribution in [1.29, 1.82) is 0 Å². The molecule has 0 saturated carbocycles. The highest BCUT2D eigenvalue weighted by atomic mass is 32.2. The lowest BCUT2D eigenvalue weighted by Crippen LogP contribution is -2.28. The van der Waals surface area contributed by atoms with E-state index in [0.29, 0.717) is 11.4 Å². The zero-order valence-corrected chi connectivity index (χ0v) is 12.6. The normalized spacial score (nSPS) is 11.3. The summed E-state index contributed by atoms with van der Waals surface area (Å²) in [5.41, 5.74) is 7.25. The Morgan fingerprint density at radius 2 is 1.86 bits per heavy atom. The largest absolute Gasteiger partial charge is 0.492 e. The van der Waals surface area contributed by atoms with E-state index in [0.717, 1.165) is 5.56 Å². The third-order valence-corrected chi connectivity index (χ3v) is 4.33. The quantitative estimate of drug-likeness (QED) is 0.631. The number of rotatable bonds is 6. The number of hydrogen-bond donors (Lipinski definition) is 2. The second kappa shape index (κ2) is 6.60. The average Bonchev–Trinajstić information content (AvgIpc) is 2.44. The first-order valence-electron chi connectivity index (χ1n) is 6.52. The van der Waals surface area contributed by atoms with E-state index in [1.54, 1.807) is 48.5 Å². The lowest BCUT2D eigenvalue weighted by Gasteiger charge is -2.09. The van der Waals surface area contributed by atoms with Gasteiger partial charge in [0.2, 0.25) is 10.0 Å². The van der Waals surface area contributed by atoms with Crippen molar-refractivity contribution in [2.45, 2.75) is 11.8 Å². The standard InChI is InChI=1S/C15H18N2O3S/c1-12-5-7-15(8-6-12)21(18,19)17-9-10-20-14-4-2-3-13(16)11-14/h2-8,11,17H,9-10,16H2,1H3. The zero-order chi connectivity index (χ0) is 15.3. The van der Waals surface area contributed by atoms with Crippen LogP contribution in [0.25, 0.3) is 0 Å². The summed E-state index contributed by atoms with van der Waals surface area (Å²) in [6.07, 6.45) is 0. The van der Waals surface area contributed by atoms with Gasteiger partial charge in [-0.05, 0) is 31.2 Å². The van der Waals surface area contributed by atoms with E-state index in [2.05, 4.69) is 4.72 Å². The molecule has 0 amide bonds. The Hall–Kier alpha value is -2.05. The predicted octanol–water partition coefficient (Wildman–Crippen LogP) is 1.93. The van der Waals surface area contributed by atoms with Crippen molar-refractivity contribution in [3.8, 4) is 5.75 Å². The fourth-order valence-corrected chi connectivity index (χ4v) is 2.76. The maximum absolute atomic E-state index is 12.0. The molecule has 0 radical (unpaired) electrons. The number of sulfonamides is 1. The molecule has 0 heterocycles. The Bertz CT molecular complexity index is 697. The Morgan fingerprint density at radius 3 is 2.52 bits per heavy atom. The molecule has 0 aliphatic rings. The van der Waals surface area contributed by atoms with Crippen LogP contribution in [0.1, 0.15) is 5.56 Å². The topological polar surface area (TPSA) is 81.4 Å². The minimum atomic E-state index is -3.49. The first kappa shape index (κ1) is 15.3. The fourth-order valence-electron chi connectivity index (χ4n) is 1.75. The van der Waals surface area contributed by atoms with E-state index in [1.807, 2.05) is 6.92 Å². The molecular weight excluding hydrogens is 288 g/mol. The van der Waals surface area contributed by atoms with Crippen molar-refractivity contribution in [3.05, 3.63) is 54.1 Å². The van der Waals surface area contributed by atoms with Gasteiger partial charge in [-0.25, -0.2) is 13.1 Å². The molecule has 3 N–H and O–H groups in total. The molecule has 0 aromatic heterocycles. The number of anilines is 1. The van der Waals surface area contributed by atoms with Gasteiger partial charge in [-0.15, -0.1) is 0 Å². The molecule has 2 rings (SSSR count). The molecule has 2 aromatic carbocycles. The Kier molecular flexibility index (Phi) is 4.82. The van der Waals surface area contributed by atoms with Crippen LogP contribution >= 0.6 is 0 Å². The van der Waals surface area contributed by atoms with Gasteiger partial charge in [0, 0.05) is 18.3 Å². The van der Waals surface area contributed by atoms with E-state index < -0.39 is 10.0 Å². The number of nitrogen functional groups attached to an aromatic ring is 1. The highest BCUT2D eigenvalue weighted by molar-refractivity contribution is 7.89. The summed E-state index contributed by atoms with van der Waals surface area (Å²) in [6.45, 7) is 2.32. The van der Waals surface area contributed by atoms with Crippen LogP contribution in [0.2, 0.25) is 0 Å². The lowest BCUT2D eigenvalue weighted by atomic mass is 10.2. The van der Waals surface area contributed by atoms with E-state index in [4.69, 9.17) is 10.5 Å². The van der Waals surface area contributed by atoms with Crippen molar-refractivity contribution in [1.82, 2.24) is 4.72 Å². The van der Waals surface area contributed by atoms with Crippen molar-refractivity contribution in [3.63, 3.8) is 0 Å². The van der Waals surface area contributed by atoms with E-state index in [-0.39, 0.29) is 18.0 Å². The molecule has 0 saturated heterocycles. The van der Waals surface area contributed by atoms with Crippen LogP contribution < -0.4 is 15.2 Å². The number of benzene rings is 2. The van der Waals surface area contributed by atoms with Crippen molar-refractivity contribution < 1.29 is 13.2 Å². The lowest BCUT2D eigenvalue weighted by molar-refractivity contribution is 0.323. The monoisotopic (exact) mass is 306 g/mol. The van der Waals surface area contributed by atoms with Gasteiger partial charge >= 0.3 is 0 Å².